The van der Waals surface area contributed by atoms with Gasteiger partial charge in [0.2, 0.25) is 0 Å². The monoisotopic (exact) mass is 253 g/mol. The molecule has 0 unspecified atom stereocenters. The summed E-state index contributed by atoms with van der Waals surface area (Å²) < 4.78 is 0. The Balaban J connectivity index is 2.34. The Kier molecular flexibility index (Phi) is 4.75. The van der Waals surface area contributed by atoms with Gasteiger partial charge < -0.3 is 4.90 Å². The normalized spacial score (nSPS) is 12.9. The fraction of sp³-hybridized carbons (Fsp3) is 0.333. The zero-order chi connectivity index (χ0) is 13.7. The van der Waals surface area contributed by atoms with Gasteiger partial charge >= 0.3 is 0 Å². The topological polar surface area (TPSA) is 3.24 Å². The van der Waals surface area contributed by atoms with E-state index in [1.54, 1.807) is 0 Å². The number of benzene rings is 2. The fourth-order valence-corrected chi connectivity index (χ4v) is 2.85. The first-order chi connectivity index (χ1) is 9.18. The van der Waals surface area contributed by atoms with E-state index in [4.69, 9.17) is 0 Å². The molecule has 19 heavy (non-hydrogen) atoms. The molecule has 0 aromatic heterocycles. The van der Waals surface area contributed by atoms with Crippen molar-refractivity contribution in [2.75, 3.05) is 20.6 Å². The van der Waals surface area contributed by atoms with Crippen molar-refractivity contribution < 1.29 is 0 Å². The molecule has 100 valence electrons. The van der Waals surface area contributed by atoms with Gasteiger partial charge in [0.15, 0.2) is 0 Å². The van der Waals surface area contributed by atoms with Crippen LogP contribution in [0.5, 0.6) is 0 Å². The number of nitrogens with zero attached hydrogens (tertiary/aromatic N) is 1. The molecule has 0 fully saturated rings. The van der Waals surface area contributed by atoms with Gasteiger partial charge in [0, 0.05) is 12.5 Å². The molecule has 0 aliphatic heterocycles. The van der Waals surface area contributed by atoms with Gasteiger partial charge in [-0.25, -0.2) is 0 Å². The Morgan fingerprint density at radius 2 is 1.21 bits per heavy atom. The summed E-state index contributed by atoms with van der Waals surface area (Å²) in [5.74, 6) is 1.05. The van der Waals surface area contributed by atoms with Crippen LogP contribution in [0.2, 0.25) is 0 Å². The molecule has 0 spiro atoms. The van der Waals surface area contributed by atoms with Crippen LogP contribution in [0.15, 0.2) is 60.7 Å². The molecule has 0 saturated heterocycles. The summed E-state index contributed by atoms with van der Waals surface area (Å²) in [4.78, 5) is 2.27. The van der Waals surface area contributed by atoms with Crippen LogP contribution >= 0.6 is 0 Å². The van der Waals surface area contributed by atoms with Gasteiger partial charge in [-0.2, -0.15) is 0 Å². The van der Waals surface area contributed by atoms with E-state index in [-0.39, 0.29) is 0 Å². The maximum absolute atomic E-state index is 2.34. The molecule has 1 nitrogen and oxygen atoms in total. The van der Waals surface area contributed by atoms with E-state index in [0.717, 1.165) is 6.54 Å². The Bertz CT molecular complexity index is 436. The Hall–Kier alpha value is -1.60. The molecule has 0 heterocycles. The predicted octanol–water partition coefficient (Wildman–Crippen LogP) is 4.02. The number of rotatable bonds is 5. The van der Waals surface area contributed by atoms with Crippen molar-refractivity contribution in [1.82, 2.24) is 4.90 Å². The summed E-state index contributed by atoms with van der Waals surface area (Å²) in [6.07, 6.45) is 0. The highest BCUT2D eigenvalue weighted by Crippen LogP contribution is 2.32. The van der Waals surface area contributed by atoms with E-state index >= 15 is 0 Å². The minimum atomic E-state index is 0.463. The van der Waals surface area contributed by atoms with Gasteiger partial charge in [0.05, 0.1) is 0 Å². The number of hydrogen-bond acceptors (Lipinski definition) is 1. The molecule has 2 aromatic carbocycles. The first-order valence-corrected chi connectivity index (χ1v) is 6.93. The molecule has 0 N–H and O–H groups in total. The highest BCUT2D eigenvalue weighted by atomic mass is 15.1. The van der Waals surface area contributed by atoms with Crippen LogP contribution in [0.25, 0.3) is 0 Å². The molecular formula is C18H23N. The smallest absolute Gasteiger partial charge is 0.0127 e. The largest absolute Gasteiger partial charge is 0.309 e. The molecule has 0 saturated carbocycles. The summed E-state index contributed by atoms with van der Waals surface area (Å²) in [6.45, 7) is 3.43. The third-order valence-electron chi connectivity index (χ3n) is 3.54. The predicted molar refractivity (Wildman–Crippen MR) is 82.4 cm³/mol. The van der Waals surface area contributed by atoms with Crippen molar-refractivity contribution in [1.29, 1.82) is 0 Å². The lowest BCUT2D eigenvalue weighted by Crippen LogP contribution is -2.25. The van der Waals surface area contributed by atoms with E-state index in [0.29, 0.717) is 11.8 Å². The van der Waals surface area contributed by atoms with Crippen molar-refractivity contribution in [2.24, 2.45) is 5.92 Å². The van der Waals surface area contributed by atoms with Crippen molar-refractivity contribution in [3.63, 3.8) is 0 Å². The van der Waals surface area contributed by atoms with E-state index in [9.17, 15) is 0 Å². The van der Waals surface area contributed by atoms with Crippen molar-refractivity contribution in [2.45, 2.75) is 12.8 Å². The Labute approximate surface area is 116 Å². The van der Waals surface area contributed by atoms with Gasteiger partial charge in [-0.05, 0) is 31.1 Å². The summed E-state index contributed by atoms with van der Waals surface area (Å²) >= 11 is 0. The molecular weight excluding hydrogens is 230 g/mol. The standard InChI is InChI=1S/C18H23N/c1-15(14-19(2)3)18(16-10-6-4-7-11-16)17-12-8-5-9-13-17/h4-13,15,18H,14H2,1-3H3/t15-/m0/s1. The van der Waals surface area contributed by atoms with Gasteiger partial charge in [-0.15, -0.1) is 0 Å². The quantitative estimate of drug-likeness (QED) is 0.778. The summed E-state index contributed by atoms with van der Waals surface area (Å²) in [5, 5.41) is 0. The van der Waals surface area contributed by atoms with Crippen LogP contribution in [-0.2, 0) is 0 Å². The van der Waals surface area contributed by atoms with E-state index < -0.39 is 0 Å². The Morgan fingerprint density at radius 3 is 1.58 bits per heavy atom. The lowest BCUT2D eigenvalue weighted by molar-refractivity contribution is 0.321. The zero-order valence-corrected chi connectivity index (χ0v) is 12.1. The molecule has 0 amide bonds. The van der Waals surface area contributed by atoms with E-state index in [2.05, 4.69) is 86.6 Å². The summed E-state index contributed by atoms with van der Waals surface area (Å²) in [6, 6.07) is 21.7. The first-order valence-electron chi connectivity index (χ1n) is 6.93. The molecule has 2 aromatic rings. The third-order valence-corrected chi connectivity index (χ3v) is 3.54. The van der Waals surface area contributed by atoms with Crippen molar-refractivity contribution in [3.05, 3.63) is 71.8 Å². The average molecular weight is 253 g/mol. The molecule has 1 heteroatoms. The fourth-order valence-electron chi connectivity index (χ4n) is 2.85. The van der Waals surface area contributed by atoms with Crippen LogP contribution in [0.4, 0.5) is 0 Å². The van der Waals surface area contributed by atoms with Crippen molar-refractivity contribution in [3.8, 4) is 0 Å². The van der Waals surface area contributed by atoms with Gasteiger partial charge in [0.1, 0.15) is 0 Å². The highest BCUT2D eigenvalue weighted by molar-refractivity contribution is 5.33. The maximum atomic E-state index is 2.34. The lowest BCUT2D eigenvalue weighted by Gasteiger charge is -2.27. The minimum Gasteiger partial charge on any atom is -0.309 e. The second-order valence-electron chi connectivity index (χ2n) is 5.54. The second kappa shape index (κ2) is 6.53. The lowest BCUT2D eigenvalue weighted by atomic mass is 9.81. The molecule has 1 atom stereocenters. The average Bonchev–Trinajstić information content (AvgIpc) is 2.40. The molecule has 0 aliphatic rings. The van der Waals surface area contributed by atoms with Gasteiger partial charge in [0.25, 0.3) is 0 Å². The van der Waals surface area contributed by atoms with Gasteiger partial charge in [-0.3, -0.25) is 0 Å². The zero-order valence-electron chi connectivity index (χ0n) is 12.1. The molecule has 0 radical (unpaired) electrons. The van der Waals surface area contributed by atoms with E-state index in [1.807, 2.05) is 0 Å². The SMILES string of the molecule is C[C@@H](CN(C)C)C(c1ccccc1)c1ccccc1. The number of hydrogen-bond donors (Lipinski definition) is 0. The van der Waals surface area contributed by atoms with Crippen LogP contribution in [0.1, 0.15) is 24.0 Å². The maximum Gasteiger partial charge on any atom is 0.0127 e. The Morgan fingerprint density at radius 1 is 0.789 bits per heavy atom. The van der Waals surface area contributed by atoms with Crippen molar-refractivity contribution >= 4 is 0 Å². The summed E-state index contributed by atoms with van der Waals surface area (Å²) in [7, 11) is 4.28. The van der Waals surface area contributed by atoms with Crippen LogP contribution in [0.3, 0.4) is 0 Å². The van der Waals surface area contributed by atoms with Crippen LogP contribution in [-0.4, -0.2) is 25.5 Å². The summed E-state index contributed by atoms with van der Waals surface area (Å²) in [5.41, 5.74) is 2.81. The molecule has 0 aliphatic carbocycles. The van der Waals surface area contributed by atoms with Crippen LogP contribution in [0, 0.1) is 5.92 Å². The molecule has 0 bridgehead atoms. The van der Waals surface area contributed by atoms with Gasteiger partial charge in [-0.1, -0.05) is 67.6 Å². The molecule has 2 rings (SSSR count). The first kappa shape index (κ1) is 13.8. The van der Waals surface area contributed by atoms with E-state index in [1.165, 1.54) is 11.1 Å². The van der Waals surface area contributed by atoms with Crippen LogP contribution < -0.4 is 0 Å². The third kappa shape index (κ3) is 3.68. The highest BCUT2D eigenvalue weighted by Gasteiger charge is 2.21. The second-order valence-corrected chi connectivity index (χ2v) is 5.54. The minimum absolute atomic E-state index is 0.463.